The lowest BCUT2D eigenvalue weighted by atomic mass is 9.96. The van der Waals surface area contributed by atoms with Crippen molar-refractivity contribution >= 4 is 61.8 Å². The van der Waals surface area contributed by atoms with Crippen LogP contribution >= 0.6 is 23.2 Å². The molecule has 0 aliphatic carbocycles. The fourth-order valence-electron chi connectivity index (χ4n) is 6.61. The standard InChI is InChI=1S/C42H37Cl2N5O4S/c1-2-3-21-49(26-28-12-17-37(43)38(44)23-28)42-45-20-18-39(46-42)35-16-14-32(25-36(35)41(51)48-22-19-30-9-5-7-11-33(30)27-48)40(50)47-54(52,53)34-15-13-29-8-4-6-10-31(29)24-34/h4-18,20,23-25H,2-3,19,21-22,26-27H2,1H3,(H,47,50). The van der Waals surface area contributed by atoms with E-state index in [1.54, 1.807) is 41.4 Å². The van der Waals surface area contributed by atoms with Crippen LogP contribution in [0, 0.1) is 0 Å². The largest absolute Gasteiger partial charge is 0.336 e. The van der Waals surface area contributed by atoms with Crippen LogP contribution in [0.15, 0.2) is 120 Å². The lowest BCUT2D eigenvalue weighted by Gasteiger charge is -2.29. The summed E-state index contributed by atoms with van der Waals surface area (Å²) in [5.41, 5.74) is 4.37. The van der Waals surface area contributed by atoms with Crippen molar-refractivity contribution in [3.05, 3.63) is 153 Å². The van der Waals surface area contributed by atoms with E-state index >= 15 is 0 Å². The first-order valence-corrected chi connectivity index (χ1v) is 19.9. The van der Waals surface area contributed by atoms with Gasteiger partial charge >= 0.3 is 0 Å². The zero-order chi connectivity index (χ0) is 37.8. The third-order valence-corrected chi connectivity index (χ3v) is 11.6. The molecule has 1 N–H and O–H groups in total. The molecule has 5 aromatic carbocycles. The van der Waals surface area contributed by atoms with Crippen molar-refractivity contribution in [1.82, 2.24) is 19.6 Å². The summed E-state index contributed by atoms with van der Waals surface area (Å²) in [6, 6.07) is 31.9. The molecule has 0 spiro atoms. The normalized spacial score (nSPS) is 12.7. The maximum atomic E-state index is 14.5. The highest BCUT2D eigenvalue weighted by Gasteiger charge is 2.27. The predicted octanol–water partition coefficient (Wildman–Crippen LogP) is 8.73. The summed E-state index contributed by atoms with van der Waals surface area (Å²) in [4.78, 5) is 41.4. The highest BCUT2D eigenvalue weighted by Crippen LogP contribution is 2.30. The van der Waals surface area contributed by atoms with Crippen molar-refractivity contribution in [1.29, 1.82) is 0 Å². The quantitative estimate of drug-likeness (QED) is 0.140. The molecule has 6 aromatic rings. The van der Waals surface area contributed by atoms with Gasteiger partial charge in [-0.1, -0.05) is 103 Å². The molecule has 1 aromatic heterocycles. The number of fused-ring (bicyclic) bond motifs is 2. The number of sulfonamides is 1. The second-order valence-electron chi connectivity index (χ2n) is 13.2. The molecule has 12 heteroatoms. The van der Waals surface area contributed by atoms with E-state index in [9.17, 15) is 18.0 Å². The fraction of sp³-hybridized carbons (Fsp3) is 0.190. The lowest BCUT2D eigenvalue weighted by molar-refractivity contribution is 0.0735. The molecule has 0 saturated carbocycles. The van der Waals surface area contributed by atoms with Gasteiger partial charge in [-0.15, -0.1) is 0 Å². The number of hydrogen-bond acceptors (Lipinski definition) is 7. The first-order chi connectivity index (χ1) is 26.1. The number of aromatic nitrogens is 2. The van der Waals surface area contributed by atoms with Gasteiger partial charge in [-0.05, 0) is 82.8 Å². The maximum Gasteiger partial charge on any atom is 0.265 e. The molecular weight excluding hydrogens is 741 g/mol. The van der Waals surface area contributed by atoms with Crippen LogP contribution in [0.2, 0.25) is 10.0 Å². The van der Waals surface area contributed by atoms with E-state index in [0.717, 1.165) is 34.7 Å². The summed E-state index contributed by atoms with van der Waals surface area (Å²) >= 11 is 12.5. The Bertz CT molecular complexity index is 2490. The number of rotatable bonds is 11. The number of unbranched alkanes of at least 4 members (excludes halogenated alkanes) is 1. The van der Waals surface area contributed by atoms with Crippen LogP contribution in [0.3, 0.4) is 0 Å². The monoisotopic (exact) mass is 777 g/mol. The minimum Gasteiger partial charge on any atom is -0.336 e. The van der Waals surface area contributed by atoms with Gasteiger partial charge in [0.05, 0.1) is 20.6 Å². The van der Waals surface area contributed by atoms with Crippen LogP contribution in [-0.2, 0) is 29.5 Å². The van der Waals surface area contributed by atoms with Crippen LogP contribution in [0.5, 0.6) is 0 Å². The predicted molar refractivity (Wildman–Crippen MR) is 213 cm³/mol. The van der Waals surface area contributed by atoms with Crippen molar-refractivity contribution in [3.63, 3.8) is 0 Å². The number of amides is 2. The Labute approximate surface area is 324 Å². The van der Waals surface area contributed by atoms with E-state index in [0.29, 0.717) is 59.9 Å². The van der Waals surface area contributed by atoms with Crippen molar-refractivity contribution in [2.45, 2.75) is 44.2 Å². The van der Waals surface area contributed by atoms with Gasteiger partial charge in [0.2, 0.25) is 5.95 Å². The maximum absolute atomic E-state index is 14.5. The molecule has 0 bridgehead atoms. The van der Waals surface area contributed by atoms with Gasteiger partial charge in [0.1, 0.15) is 0 Å². The summed E-state index contributed by atoms with van der Waals surface area (Å²) in [5.74, 6) is -0.700. The number of hydrogen-bond donors (Lipinski definition) is 1. The summed E-state index contributed by atoms with van der Waals surface area (Å²) < 4.78 is 29.1. The third-order valence-electron chi connectivity index (χ3n) is 9.53. The van der Waals surface area contributed by atoms with Crippen LogP contribution in [0.25, 0.3) is 22.0 Å². The molecule has 0 saturated heterocycles. The first-order valence-electron chi connectivity index (χ1n) is 17.7. The fourth-order valence-corrected chi connectivity index (χ4v) is 7.94. The zero-order valence-electron chi connectivity index (χ0n) is 29.5. The van der Waals surface area contributed by atoms with E-state index < -0.39 is 15.9 Å². The SMILES string of the molecule is CCCCN(Cc1ccc(Cl)c(Cl)c1)c1nccc(-c2ccc(C(=O)NS(=O)(=O)c3ccc4ccccc4c3)cc2C(=O)N2CCc3ccccc3C2)n1. The van der Waals surface area contributed by atoms with E-state index in [1.165, 1.54) is 29.8 Å². The van der Waals surface area contributed by atoms with Crippen molar-refractivity contribution in [2.24, 2.45) is 0 Å². The Hall–Kier alpha value is -5.29. The molecule has 0 atom stereocenters. The number of carbonyl (C=O) groups excluding carboxylic acids is 2. The molecule has 0 radical (unpaired) electrons. The van der Waals surface area contributed by atoms with Crippen LogP contribution in [0.1, 0.15) is 57.2 Å². The third kappa shape index (κ3) is 8.11. The molecule has 274 valence electrons. The van der Waals surface area contributed by atoms with Crippen LogP contribution in [0.4, 0.5) is 5.95 Å². The Morgan fingerprint density at radius 1 is 0.852 bits per heavy atom. The van der Waals surface area contributed by atoms with Crippen LogP contribution < -0.4 is 9.62 Å². The molecule has 0 fully saturated rings. The topological polar surface area (TPSA) is 113 Å². The summed E-state index contributed by atoms with van der Waals surface area (Å²) in [6.45, 7) is 4.13. The van der Waals surface area contributed by atoms with Crippen molar-refractivity contribution < 1.29 is 18.0 Å². The molecule has 0 unspecified atom stereocenters. The van der Waals surface area contributed by atoms with Crippen molar-refractivity contribution in [3.8, 4) is 11.3 Å². The number of benzene rings is 5. The van der Waals surface area contributed by atoms with Gasteiger partial charge in [-0.25, -0.2) is 23.1 Å². The highest BCUT2D eigenvalue weighted by atomic mass is 35.5. The van der Waals surface area contributed by atoms with Gasteiger partial charge in [0.15, 0.2) is 0 Å². The Morgan fingerprint density at radius 2 is 1.63 bits per heavy atom. The molecule has 1 aliphatic heterocycles. The minimum absolute atomic E-state index is 0.0161. The Balaban J connectivity index is 1.24. The molecular formula is C42H37Cl2N5O4S. The van der Waals surface area contributed by atoms with E-state index in [1.807, 2.05) is 48.5 Å². The first kappa shape index (κ1) is 37.0. The van der Waals surface area contributed by atoms with Gasteiger partial charge in [-0.3, -0.25) is 9.59 Å². The number of halogens is 2. The summed E-state index contributed by atoms with van der Waals surface area (Å²) in [7, 11) is -4.24. The zero-order valence-corrected chi connectivity index (χ0v) is 31.8. The average molecular weight is 779 g/mol. The molecule has 2 amide bonds. The highest BCUT2D eigenvalue weighted by molar-refractivity contribution is 7.90. The molecule has 54 heavy (non-hydrogen) atoms. The summed E-state index contributed by atoms with van der Waals surface area (Å²) in [5, 5.41) is 2.52. The molecule has 9 nitrogen and oxygen atoms in total. The summed E-state index contributed by atoms with van der Waals surface area (Å²) in [6.07, 6.45) is 4.17. The van der Waals surface area contributed by atoms with Gasteiger partial charge < -0.3 is 9.80 Å². The van der Waals surface area contributed by atoms with E-state index in [2.05, 4.69) is 27.6 Å². The Morgan fingerprint density at radius 3 is 2.43 bits per heavy atom. The second kappa shape index (κ2) is 16.0. The second-order valence-corrected chi connectivity index (χ2v) is 15.7. The smallest absolute Gasteiger partial charge is 0.265 e. The van der Waals surface area contributed by atoms with E-state index in [4.69, 9.17) is 28.2 Å². The average Bonchev–Trinajstić information content (AvgIpc) is 3.19. The number of nitrogens with zero attached hydrogens (tertiary/aromatic N) is 4. The molecule has 2 heterocycles. The lowest BCUT2D eigenvalue weighted by Crippen LogP contribution is -2.36. The number of anilines is 1. The number of nitrogens with one attached hydrogen (secondary N) is 1. The van der Waals surface area contributed by atoms with Crippen LogP contribution in [-0.4, -0.2) is 48.2 Å². The van der Waals surface area contributed by atoms with Gasteiger partial charge in [-0.2, -0.15) is 0 Å². The molecule has 7 rings (SSSR count). The minimum atomic E-state index is -4.24. The van der Waals surface area contributed by atoms with Gasteiger partial charge in [0, 0.05) is 49.1 Å². The van der Waals surface area contributed by atoms with E-state index in [-0.39, 0.29) is 21.9 Å². The molecule has 1 aliphatic rings. The van der Waals surface area contributed by atoms with Crippen molar-refractivity contribution in [2.75, 3.05) is 18.0 Å². The van der Waals surface area contributed by atoms with Gasteiger partial charge in [0.25, 0.3) is 21.8 Å². The number of carbonyl (C=O) groups is 2. The Kier molecular flexibility index (Phi) is 11.0.